The number of ether oxygens (including phenoxy) is 2. The smallest absolute Gasteiger partial charge is 0.246 e. The molecule has 2 heterocycles. The Morgan fingerprint density at radius 3 is 3.04 bits per heavy atom. The molecule has 0 saturated carbocycles. The number of methoxy groups -OCH3 is 1. The van der Waals surface area contributed by atoms with Gasteiger partial charge >= 0.3 is 0 Å². The number of benzene rings is 1. The molecule has 1 aromatic heterocycles. The van der Waals surface area contributed by atoms with Gasteiger partial charge in [0.25, 0.3) is 0 Å². The number of amides is 1. The van der Waals surface area contributed by atoms with Gasteiger partial charge in [-0.15, -0.1) is 0 Å². The first-order valence-electron chi connectivity index (χ1n) is 7.64. The van der Waals surface area contributed by atoms with Gasteiger partial charge in [-0.1, -0.05) is 12.1 Å². The van der Waals surface area contributed by atoms with Crippen LogP contribution in [-0.2, 0) is 16.0 Å². The molecule has 2 aromatic rings. The molecule has 0 spiro atoms. The molecule has 1 N–H and O–H groups in total. The predicted molar refractivity (Wildman–Crippen MR) is 87.4 cm³/mol. The molecule has 120 valence electrons. The van der Waals surface area contributed by atoms with Crippen LogP contribution in [-0.4, -0.2) is 37.3 Å². The first-order valence-corrected chi connectivity index (χ1v) is 7.64. The summed E-state index contributed by atoms with van der Waals surface area (Å²) in [5, 5.41) is 2.83. The van der Waals surface area contributed by atoms with Gasteiger partial charge in [0.15, 0.2) is 0 Å². The van der Waals surface area contributed by atoms with Gasteiger partial charge in [0.2, 0.25) is 5.91 Å². The molecular formula is C18H20N2O3. The second-order valence-electron chi connectivity index (χ2n) is 5.70. The summed E-state index contributed by atoms with van der Waals surface area (Å²) in [6.07, 6.45) is 2.50. The molecule has 0 saturated heterocycles. The molecule has 1 aliphatic rings. The van der Waals surface area contributed by atoms with Crippen molar-refractivity contribution in [2.75, 3.05) is 20.3 Å². The van der Waals surface area contributed by atoms with Crippen molar-refractivity contribution in [3.05, 3.63) is 47.7 Å². The average Bonchev–Trinajstić information content (AvgIpc) is 2.96. The molecule has 3 rings (SSSR count). The number of hydrogen-bond donors (Lipinski definition) is 1. The monoisotopic (exact) mass is 312 g/mol. The van der Waals surface area contributed by atoms with Crippen LogP contribution < -0.4 is 10.1 Å². The number of nitrogens with zero attached hydrogens (tertiary/aromatic N) is 1. The number of hydrogen-bond acceptors (Lipinski definition) is 4. The van der Waals surface area contributed by atoms with E-state index in [-0.39, 0.29) is 18.6 Å². The fourth-order valence-electron chi connectivity index (χ4n) is 2.83. The first-order chi connectivity index (χ1) is 11.2. The lowest BCUT2D eigenvalue weighted by molar-refractivity contribution is -0.125. The van der Waals surface area contributed by atoms with E-state index in [0.29, 0.717) is 6.54 Å². The molecule has 5 heteroatoms. The van der Waals surface area contributed by atoms with Crippen LogP contribution in [0.25, 0.3) is 11.3 Å². The van der Waals surface area contributed by atoms with Crippen LogP contribution in [0, 0.1) is 6.92 Å². The van der Waals surface area contributed by atoms with E-state index < -0.39 is 0 Å². The molecule has 1 amide bonds. The summed E-state index contributed by atoms with van der Waals surface area (Å²) >= 11 is 0. The topological polar surface area (TPSA) is 60.5 Å². The van der Waals surface area contributed by atoms with Gasteiger partial charge < -0.3 is 14.8 Å². The number of aromatic nitrogens is 1. The highest BCUT2D eigenvalue weighted by Crippen LogP contribution is 2.38. The predicted octanol–water partition coefficient (Wildman–Crippen LogP) is 2.12. The van der Waals surface area contributed by atoms with Crippen molar-refractivity contribution >= 4 is 5.91 Å². The van der Waals surface area contributed by atoms with Crippen LogP contribution in [0.1, 0.15) is 11.1 Å². The molecule has 1 atom stereocenters. The third-order valence-electron chi connectivity index (χ3n) is 3.79. The maximum Gasteiger partial charge on any atom is 0.246 e. The molecule has 0 radical (unpaired) electrons. The van der Waals surface area contributed by atoms with Gasteiger partial charge in [-0.25, -0.2) is 0 Å². The van der Waals surface area contributed by atoms with E-state index in [4.69, 9.17) is 9.47 Å². The van der Waals surface area contributed by atoms with E-state index in [1.54, 1.807) is 6.20 Å². The van der Waals surface area contributed by atoms with Crippen molar-refractivity contribution in [3.63, 3.8) is 0 Å². The first kappa shape index (κ1) is 15.5. The van der Waals surface area contributed by atoms with Crippen molar-refractivity contribution in [1.82, 2.24) is 10.3 Å². The zero-order valence-corrected chi connectivity index (χ0v) is 13.3. The highest BCUT2D eigenvalue weighted by Gasteiger charge is 2.27. The van der Waals surface area contributed by atoms with Crippen LogP contribution in [0.15, 0.2) is 36.5 Å². The number of carbonyl (C=O) groups is 1. The fourth-order valence-corrected chi connectivity index (χ4v) is 2.83. The molecule has 0 fully saturated rings. The Morgan fingerprint density at radius 2 is 2.30 bits per heavy atom. The molecule has 0 bridgehead atoms. The second kappa shape index (κ2) is 6.79. The largest absolute Gasteiger partial charge is 0.487 e. The van der Waals surface area contributed by atoms with Gasteiger partial charge in [0, 0.05) is 25.3 Å². The van der Waals surface area contributed by atoms with Crippen LogP contribution in [0.3, 0.4) is 0 Å². The summed E-state index contributed by atoms with van der Waals surface area (Å²) in [5.41, 5.74) is 4.25. The van der Waals surface area contributed by atoms with Crippen LogP contribution in [0.4, 0.5) is 0 Å². The van der Waals surface area contributed by atoms with Crippen LogP contribution >= 0.6 is 0 Å². The normalized spacial score (nSPS) is 15.8. The number of rotatable bonds is 5. The Bertz CT molecular complexity index is 701. The molecular weight excluding hydrogens is 292 g/mol. The number of fused-ring (bicyclic) bond motifs is 1. The van der Waals surface area contributed by atoms with E-state index in [9.17, 15) is 4.79 Å². The zero-order valence-electron chi connectivity index (χ0n) is 13.3. The Balaban J connectivity index is 1.78. The van der Waals surface area contributed by atoms with Gasteiger partial charge in [0.05, 0.1) is 12.2 Å². The lowest BCUT2D eigenvalue weighted by atomic mass is 10.0. The number of nitrogens with one attached hydrogen (secondary N) is 1. The fraction of sp³-hybridized carbons (Fsp3) is 0.333. The average molecular weight is 312 g/mol. The Hall–Kier alpha value is -2.40. The van der Waals surface area contributed by atoms with E-state index in [1.807, 2.05) is 18.2 Å². The Kier molecular flexibility index (Phi) is 4.57. The third-order valence-corrected chi connectivity index (χ3v) is 3.79. The summed E-state index contributed by atoms with van der Waals surface area (Å²) in [5.74, 6) is 0.744. The van der Waals surface area contributed by atoms with Crippen molar-refractivity contribution in [2.24, 2.45) is 0 Å². The van der Waals surface area contributed by atoms with Crippen molar-refractivity contribution < 1.29 is 14.3 Å². The summed E-state index contributed by atoms with van der Waals surface area (Å²) in [4.78, 5) is 15.9. The molecule has 23 heavy (non-hydrogen) atoms. The van der Waals surface area contributed by atoms with Gasteiger partial charge in [0.1, 0.15) is 18.5 Å². The highest BCUT2D eigenvalue weighted by molar-refractivity contribution is 5.77. The van der Waals surface area contributed by atoms with E-state index in [0.717, 1.165) is 29.0 Å². The minimum absolute atomic E-state index is 0.0601. The van der Waals surface area contributed by atoms with Crippen LogP contribution in [0.5, 0.6) is 5.75 Å². The quantitative estimate of drug-likeness (QED) is 0.919. The number of carbonyl (C=O) groups excluding carboxylic acids is 1. The van der Waals surface area contributed by atoms with E-state index in [2.05, 4.69) is 29.4 Å². The Labute approximate surface area is 135 Å². The zero-order chi connectivity index (χ0) is 16.2. The van der Waals surface area contributed by atoms with Crippen LogP contribution in [0.2, 0.25) is 0 Å². The SMILES string of the molecule is COCC(=O)NCC1Cc2cc(C)cc(-c3ccccn3)c2O1. The number of pyridine rings is 1. The summed E-state index contributed by atoms with van der Waals surface area (Å²) in [6.45, 7) is 2.61. The van der Waals surface area contributed by atoms with E-state index in [1.165, 1.54) is 12.7 Å². The van der Waals surface area contributed by atoms with Gasteiger partial charge in [-0.05, 0) is 36.2 Å². The molecule has 0 aliphatic carbocycles. The summed E-state index contributed by atoms with van der Waals surface area (Å²) in [7, 11) is 1.50. The molecule has 1 aliphatic heterocycles. The van der Waals surface area contributed by atoms with Crippen molar-refractivity contribution in [2.45, 2.75) is 19.4 Å². The lowest BCUT2D eigenvalue weighted by Crippen LogP contribution is -2.36. The molecule has 5 nitrogen and oxygen atoms in total. The van der Waals surface area contributed by atoms with Crippen molar-refractivity contribution in [1.29, 1.82) is 0 Å². The molecule has 1 unspecified atom stereocenters. The highest BCUT2D eigenvalue weighted by atomic mass is 16.5. The van der Waals surface area contributed by atoms with Crippen molar-refractivity contribution in [3.8, 4) is 17.0 Å². The minimum atomic E-state index is -0.131. The molecule has 1 aromatic carbocycles. The third kappa shape index (κ3) is 3.51. The Morgan fingerprint density at radius 1 is 1.43 bits per heavy atom. The van der Waals surface area contributed by atoms with E-state index >= 15 is 0 Å². The van der Waals surface area contributed by atoms with Gasteiger partial charge in [-0.2, -0.15) is 0 Å². The maximum atomic E-state index is 11.5. The van der Waals surface area contributed by atoms with Gasteiger partial charge in [-0.3, -0.25) is 9.78 Å². The summed E-state index contributed by atoms with van der Waals surface area (Å²) < 4.78 is 10.9. The minimum Gasteiger partial charge on any atom is -0.487 e. The summed E-state index contributed by atoms with van der Waals surface area (Å²) in [6, 6.07) is 10.1. The lowest BCUT2D eigenvalue weighted by Gasteiger charge is -2.13. The maximum absolute atomic E-state index is 11.5. The standard InChI is InChI=1S/C18H20N2O3/c1-12-7-13-9-14(10-20-17(21)11-22-2)23-18(13)15(8-12)16-5-3-4-6-19-16/h3-8,14H,9-11H2,1-2H3,(H,20,21). The second-order valence-corrected chi connectivity index (χ2v) is 5.70. The number of aryl methyl sites for hydroxylation is 1.